The van der Waals surface area contributed by atoms with Crippen molar-refractivity contribution in [2.45, 2.75) is 18.9 Å². The molecule has 1 atom stereocenters. The number of nitrogens with zero attached hydrogens (tertiary/aromatic N) is 4. The van der Waals surface area contributed by atoms with Crippen LogP contribution in [-0.4, -0.2) is 90.0 Å². The lowest BCUT2D eigenvalue weighted by molar-refractivity contribution is -0.146. The van der Waals surface area contributed by atoms with Crippen molar-refractivity contribution in [2.24, 2.45) is 0 Å². The average Bonchev–Trinajstić information content (AvgIpc) is 3.04. The van der Waals surface area contributed by atoms with Gasteiger partial charge < -0.3 is 35.6 Å². The molecule has 14 heteroatoms. The Morgan fingerprint density at radius 3 is 2.74 bits per heavy atom. The predicted molar refractivity (Wildman–Crippen MR) is 157 cm³/mol. The van der Waals surface area contributed by atoms with Crippen LogP contribution < -0.4 is 26.0 Å². The molecule has 2 aromatic rings. The lowest BCUT2D eigenvalue weighted by Gasteiger charge is -2.33. The minimum atomic E-state index is -1.82. The molecule has 226 valence electrons. The molecular formula is C29H33FN8O5. The fourth-order valence-electron chi connectivity index (χ4n) is 4.68. The van der Waals surface area contributed by atoms with Gasteiger partial charge in [-0.15, -0.1) is 0 Å². The van der Waals surface area contributed by atoms with Gasteiger partial charge in [0, 0.05) is 31.9 Å². The molecule has 1 aromatic carbocycles. The van der Waals surface area contributed by atoms with Gasteiger partial charge >= 0.3 is 0 Å². The van der Waals surface area contributed by atoms with E-state index in [0.29, 0.717) is 42.3 Å². The number of carbonyl (C=O) groups excluding carboxylic acids is 3. The molecule has 13 nitrogen and oxygen atoms in total. The molecule has 0 aliphatic carbocycles. The first-order chi connectivity index (χ1) is 20.5. The van der Waals surface area contributed by atoms with E-state index >= 15 is 0 Å². The topological polar surface area (TPSA) is 150 Å². The van der Waals surface area contributed by atoms with E-state index in [1.807, 2.05) is 0 Å². The Balaban J connectivity index is 1.53. The number of carbonyl (C=O) groups is 3. The minimum absolute atomic E-state index is 0.0686. The zero-order valence-corrected chi connectivity index (χ0v) is 24.1. The van der Waals surface area contributed by atoms with E-state index in [4.69, 9.17) is 9.47 Å². The van der Waals surface area contributed by atoms with Gasteiger partial charge in [0.1, 0.15) is 11.5 Å². The highest BCUT2D eigenvalue weighted by Crippen LogP contribution is 2.36. The summed E-state index contributed by atoms with van der Waals surface area (Å²) in [7, 11) is 3.28. The fraction of sp³-hybridized carbons (Fsp3) is 0.345. The van der Waals surface area contributed by atoms with E-state index in [9.17, 15) is 18.8 Å². The van der Waals surface area contributed by atoms with Crippen molar-refractivity contribution in [3.8, 4) is 5.75 Å². The predicted octanol–water partition coefficient (Wildman–Crippen LogP) is 2.13. The first kappa shape index (κ1) is 29.5. The fourth-order valence-corrected chi connectivity index (χ4v) is 4.68. The monoisotopic (exact) mass is 592 g/mol. The highest BCUT2D eigenvalue weighted by molar-refractivity contribution is 6.15. The number of anilines is 4. The van der Waals surface area contributed by atoms with Crippen molar-refractivity contribution in [1.82, 2.24) is 25.1 Å². The molecule has 0 saturated heterocycles. The SMILES string of the molecule is C=C1/C=C(OC)\C2=C/CN(CC1)C(=O)CN(C)CCNC(=O)C1(C)Oc3ccc(cc3NC1=O)Nc1nc(ncc1F)N2. The standard InChI is InChI=1S/C29H33FN8O5/c1-17-7-10-38-11-8-20(23(13-17)42-4)35-28-32-15-19(30)25(36-28)33-18-5-6-22-21(14-18)34-27(41)29(2,43-22)26(40)31-9-12-37(3)16-24(38)39/h5-6,8,13-15H,1,7,9-12,16H2,2-4H3,(H,31,40)(H,34,41)(H2,32,33,35,36)/b20-8+,23-13+. The molecule has 3 amide bonds. The van der Waals surface area contributed by atoms with Gasteiger partial charge in [-0.25, -0.2) is 9.37 Å². The molecule has 0 spiro atoms. The van der Waals surface area contributed by atoms with Crippen LogP contribution in [0.2, 0.25) is 0 Å². The van der Waals surface area contributed by atoms with Crippen LogP contribution in [0, 0.1) is 5.82 Å². The zero-order valence-electron chi connectivity index (χ0n) is 24.1. The van der Waals surface area contributed by atoms with Crippen molar-refractivity contribution in [1.29, 1.82) is 0 Å². The first-order valence-corrected chi connectivity index (χ1v) is 13.7. The molecule has 8 bridgehead atoms. The van der Waals surface area contributed by atoms with Gasteiger partial charge in [-0.05, 0) is 56.3 Å². The number of hydrogen-bond donors (Lipinski definition) is 4. The maximum atomic E-state index is 14.8. The summed E-state index contributed by atoms with van der Waals surface area (Å²) in [5.74, 6) is -1.50. The summed E-state index contributed by atoms with van der Waals surface area (Å²) in [6.07, 6.45) is 5.07. The van der Waals surface area contributed by atoms with Crippen molar-refractivity contribution < 1.29 is 28.2 Å². The number of fused-ring (bicyclic) bond motifs is 2. The number of halogens is 1. The number of ether oxygens (including phenoxy) is 2. The van der Waals surface area contributed by atoms with Gasteiger partial charge in [0.25, 0.3) is 17.4 Å². The number of benzene rings is 1. The number of likely N-dealkylation sites (N-methyl/N-ethyl adjacent to an activating group) is 1. The third-order valence-electron chi connectivity index (χ3n) is 7.24. The molecule has 0 radical (unpaired) electrons. The maximum absolute atomic E-state index is 14.8. The van der Waals surface area contributed by atoms with Gasteiger partial charge in [-0.3, -0.25) is 19.3 Å². The number of rotatable bonds is 1. The molecule has 7 rings (SSSR count). The van der Waals surface area contributed by atoms with E-state index in [-0.39, 0.29) is 43.1 Å². The molecule has 0 saturated carbocycles. The van der Waals surface area contributed by atoms with Crippen LogP contribution in [-0.2, 0) is 19.1 Å². The first-order valence-electron chi connectivity index (χ1n) is 13.7. The van der Waals surface area contributed by atoms with Crippen LogP contribution in [0.4, 0.5) is 27.5 Å². The summed E-state index contributed by atoms with van der Waals surface area (Å²) in [5.41, 5.74) is 0.0807. The summed E-state index contributed by atoms with van der Waals surface area (Å²) < 4.78 is 26.3. The van der Waals surface area contributed by atoms with Crippen LogP contribution in [0.3, 0.4) is 0 Å². The summed E-state index contributed by atoms with van der Waals surface area (Å²) >= 11 is 0. The number of hydrogen-bond acceptors (Lipinski definition) is 10. The molecule has 5 aliphatic heterocycles. The number of allylic oxidation sites excluding steroid dienone is 1. The normalized spacial score (nSPS) is 24.2. The third-order valence-corrected chi connectivity index (χ3v) is 7.24. The Labute approximate surface area is 247 Å². The second-order valence-corrected chi connectivity index (χ2v) is 10.5. The molecule has 1 unspecified atom stereocenters. The lowest BCUT2D eigenvalue weighted by atomic mass is 10.0. The van der Waals surface area contributed by atoms with Crippen LogP contribution in [0.5, 0.6) is 5.75 Å². The molecule has 0 fully saturated rings. The Kier molecular flexibility index (Phi) is 8.30. The smallest absolute Gasteiger partial charge is 0.278 e. The molecular weight excluding hydrogens is 559 g/mol. The number of amides is 3. The van der Waals surface area contributed by atoms with E-state index in [0.717, 1.165) is 11.8 Å². The van der Waals surface area contributed by atoms with Gasteiger partial charge in [0.15, 0.2) is 11.6 Å². The quantitative estimate of drug-likeness (QED) is 0.363. The van der Waals surface area contributed by atoms with E-state index in [2.05, 4.69) is 37.8 Å². The summed E-state index contributed by atoms with van der Waals surface area (Å²) in [6.45, 7) is 6.76. The molecule has 5 aliphatic rings. The number of methoxy groups -OCH3 is 1. The van der Waals surface area contributed by atoms with Crippen LogP contribution in [0.15, 0.2) is 60.2 Å². The molecule has 6 heterocycles. The van der Waals surface area contributed by atoms with Crippen molar-refractivity contribution in [2.75, 3.05) is 62.8 Å². The van der Waals surface area contributed by atoms with Gasteiger partial charge in [0.2, 0.25) is 11.9 Å². The third kappa shape index (κ3) is 6.43. The van der Waals surface area contributed by atoms with Crippen LogP contribution in [0.1, 0.15) is 13.3 Å². The van der Waals surface area contributed by atoms with E-state index < -0.39 is 23.2 Å². The van der Waals surface area contributed by atoms with E-state index in [1.165, 1.54) is 14.0 Å². The largest absolute Gasteiger partial charge is 0.495 e. The Morgan fingerprint density at radius 2 is 1.95 bits per heavy atom. The van der Waals surface area contributed by atoms with Crippen LogP contribution in [0.25, 0.3) is 0 Å². The van der Waals surface area contributed by atoms with Gasteiger partial charge in [-0.2, -0.15) is 4.98 Å². The second-order valence-electron chi connectivity index (χ2n) is 10.5. The molecule has 4 N–H and O–H groups in total. The molecule has 1 aromatic heterocycles. The Bertz CT molecular complexity index is 1540. The zero-order chi connectivity index (χ0) is 30.7. The summed E-state index contributed by atoms with van der Waals surface area (Å²) in [6, 6.07) is 4.71. The Morgan fingerprint density at radius 1 is 1.14 bits per heavy atom. The summed E-state index contributed by atoms with van der Waals surface area (Å²) in [4.78, 5) is 51.2. The van der Waals surface area contributed by atoms with Crippen molar-refractivity contribution in [3.05, 3.63) is 66.0 Å². The number of nitrogens with one attached hydrogen (secondary N) is 4. The van der Waals surface area contributed by atoms with Gasteiger partial charge in [-0.1, -0.05) is 6.58 Å². The van der Waals surface area contributed by atoms with Gasteiger partial charge in [0.05, 0.1) is 31.2 Å². The second kappa shape index (κ2) is 12.1. The lowest BCUT2D eigenvalue weighted by Crippen LogP contribution is -2.59. The van der Waals surface area contributed by atoms with E-state index in [1.54, 1.807) is 47.2 Å². The number of aromatic nitrogens is 2. The van der Waals surface area contributed by atoms with Crippen molar-refractivity contribution >= 4 is 40.9 Å². The minimum Gasteiger partial charge on any atom is -0.495 e. The maximum Gasteiger partial charge on any atom is 0.278 e. The Hall–Kier alpha value is -4.98. The highest BCUT2D eigenvalue weighted by atomic mass is 19.1. The average molecular weight is 593 g/mol. The van der Waals surface area contributed by atoms with Crippen molar-refractivity contribution in [3.63, 3.8) is 0 Å². The highest BCUT2D eigenvalue weighted by Gasteiger charge is 2.47. The van der Waals surface area contributed by atoms with Crippen LogP contribution >= 0.6 is 0 Å². The summed E-state index contributed by atoms with van der Waals surface area (Å²) in [5, 5.41) is 11.4. The molecule has 43 heavy (non-hydrogen) atoms.